The smallest absolute Gasteiger partial charge is 0.303 e. The van der Waals surface area contributed by atoms with Crippen LogP contribution in [0.15, 0.2) is 0 Å². The quantitative estimate of drug-likeness (QED) is 0.489. The van der Waals surface area contributed by atoms with Gasteiger partial charge in [-0.25, -0.2) is 0 Å². The second kappa shape index (κ2) is 6.77. The third kappa shape index (κ3) is 3.30. The molecular formula is C20H30O8S. The summed E-state index contributed by atoms with van der Waals surface area (Å²) in [5, 5.41) is 0. The lowest BCUT2D eigenvalue weighted by atomic mass is 9.35. The van der Waals surface area contributed by atoms with Gasteiger partial charge in [0.2, 0.25) is 0 Å². The number of rotatable bonds is 4. The van der Waals surface area contributed by atoms with Crippen molar-refractivity contribution in [3.63, 3.8) is 0 Å². The zero-order chi connectivity index (χ0) is 22.1. The number of Topliss-reactive ketones (excluding diaryl/α,β-unsaturated/α-hetero) is 1. The average Bonchev–Trinajstić information content (AvgIpc) is 2.58. The van der Waals surface area contributed by atoms with E-state index >= 15 is 0 Å². The van der Waals surface area contributed by atoms with Gasteiger partial charge in [0, 0.05) is 37.0 Å². The molecule has 4 aliphatic rings. The summed E-state index contributed by atoms with van der Waals surface area (Å²) < 4.78 is 41.0. The van der Waals surface area contributed by atoms with Gasteiger partial charge in [-0.3, -0.25) is 18.6 Å². The Labute approximate surface area is 171 Å². The third-order valence-electron chi connectivity index (χ3n) is 7.29. The zero-order valence-corrected chi connectivity index (χ0v) is 18.7. The average molecular weight is 431 g/mol. The Morgan fingerprint density at radius 3 is 2.00 bits per heavy atom. The summed E-state index contributed by atoms with van der Waals surface area (Å²) in [6, 6.07) is 0. The van der Waals surface area contributed by atoms with Crippen molar-refractivity contribution < 1.29 is 36.5 Å². The molecule has 0 unspecified atom stereocenters. The Morgan fingerprint density at radius 1 is 1.00 bits per heavy atom. The molecule has 8 atom stereocenters. The van der Waals surface area contributed by atoms with Gasteiger partial charge in [-0.2, -0.15) is 8.42 Å². The summed E-state index contributed by atoms with van der Waals surface area (Å²) in [4.78, 5) is 36.9. The van der Waals surface area contributed by atoms with Gasteiger partial charge in [0.05, 0.1) is 6.26 Å². The molecule has 9 heteroatoms. The first-order valence-corrected chi connectivity index (χ1v) is 11.7. The fourth-order valence-electron chi connectivity index (χ4n) is 6.60. The second-order valence-electron chi connectivity index (χ2n) is 9.69. The van der Waals surface area contributed by atoms with E-state index in [4.69, 9.17) is 13.7 Å². The highest BCUT2D eigenvalue weighted by Gasteiger charge is 2.78. The van der Waals surface area contributed by atoms with E-state index in [1.807, 2.05) is 27.7 Å². The van der Waals surface area contributed by atoms with Gasteiger partial charge in [-0.15, -0.1) is 0 Å². The minimum Gasteiger partial charge on any atom is -0.458 e. The van der Waals surface area contributed by atoms with Crippen molar-refractivity contribution in [3.05, 3.63) is 0 Å². The molecule has 0 radical (unpaired) electrons. The Hall–Kier alpha value is -1.48. The SMILES string of the molecule is CC(=O)O[C@@H]1[C@@H](OC(C)=O)C(C)(C)[C@H]2[C@@H]3[C@H](C)CC(=O)[C@H]2[C@]3(C)[C@@H]1OS(C)(=O)=O. The molecule has 4 bridgehead atoms. The van der Waals surface area contributed by atoms with Gasteiger partial charge in [0.25, 0.3) is 10.1 Å². The molecule has 4 rings (SSSR count). The zero-order valence-electron chi connectivity index (χ0n) is 17.9. The Kier molecular flexibility index (Phi) is 5.18. The predicted molar refractivity (Wildman–Crippen MR) is 102 cm³/mol. The van der Waals surface area contributed by atoms with E-state index in [-0.39, 0.29) is 23.5 Å². The van der Waals surface area contributed by atoms with Gasteiger partial charge >= 0.3 is 11.9 Å². The molecule has 0 aromatic heterocycles. The number of ketones is 1. The van der Waals surface area contributed by atoms with Gasteiger partial charge in [0.1, 0.15) is 18.0 Å². The van der Waals surface area contributed by atoms with Crippen molar-refractivity contribution in [2.24, 2.45) is 34.5 Å². The molecule has 4 aliphatic carbocycles. The minimum absolute atomic E-state index is 0.00138. The Balaban J connectivity index is 2.25. The molecule has 0 heterocycles. The second-order valence-corrected chi connectivity index (χ2v) is 11.3. The number of hydrogen-bond acceptors (Lipinski definition) is 8. The van der Waals surface area contributed by atoms with Gasteiger partial charge in [0.15, 0.2) is 6.10 Å². The van der Waals surface area contributed by atoms with E-state index < -0.39 is 57.1 Å². The maximum absolute atomic E-state index is 13.1. The van der Waals surface area contributed by atoms with Gasteiger partial charge in [-0.05, 0) is 17.8 Å². The molecular weight excluding hydrogens is 400 g/mol. The van der Waals surface area contributed by atoms with E-state index in [9.17, 15) is 22.8 Å². The summed E-state index contributed by atoms with van der Waals surface area (Å²) in [5.74, 6) is -1.80. The van der Waals surface area contributed by atoms with Crippen LogP contribution >= 0.6 is 0 Å². The fraction of sp³-hybridized carbons (Fsp3) is 0.850. The van der Waals surface area contributed by atoms with Crippen LogP contribution in [0.25, 0.3) is 0 Å². The lowest BCUT2D eigenvalue weighted by Crippen LogP contribution is -2.71. The first kappa shape index (κ1) is 22.2. The third-order valence-corrected chi connectivity index (χ3v) is 7.85. The number of carbonyl (C=O) groups excluding carboxylic acids is 3. The van der Waals surface area contributed by atoms with E-state index in [0.29, 0.717) is 6.42 Å². The molecule has 4 saturated carbocycles. The molecule has 0 aliphatic heterocycles. The van der Waals surface area contributed by atoms with Gasteiger partial charge in [-0.1, -0.05) is 27.7 Å². The van der Waals surface area contributed by atoms with Crippen LogP contribution in [0.5, 0.6) is 0 Å². The standard InChI is InChI=1S/C20H30O8S/c1-9-8-12(23)14-15-13(9)20(14,6)18(28-29(7,24)25)16(26-10(2)21)17(19(15,4)5)27-11(3)22/h9,13-18H,8H2,1-7H3/t9-,13+,14-,15+,16-,17-,18-,20-/m1/s1. The molecule has 0 saturated heterocycles. The minimum atomic E-state index is -3.95. The largest absolute Gasteiger partial charge is 0.458 e. The van der Waals surface area contributed by atoms with E-state index in [0.717, 1.165) is 6.26 Å². The fourth-order valence-corrected chi connectivity index (χ4v) is 7.29. The highest BCUT2D eigenvalue weighted by molar-refractivity contribution is 7.86. The number of fused-ring (bicyclic) bond motifs is 3. The molecule has 29 heavy (non-hydrogen) atoms. The summed E-state index contributed by atoms with van der Waals surface area (Å²) >= 11 is 0. The lowest BCUT2D eigenvalue weighted by molar-refractivity contribution is -0.231. The van der Waals surface area contributed by atoms with E-state index in [2.05, 4.69) is 0 Å². The molecule has 0 aromatic carbocycles. The van der Waals surface area contributed by atoms with Crippen LogP contribution < -0.4 is 0 Å². The first-order valence-electron chi connectivity index (χ1n) is 9.87. The lowest BCUT2D eigenvalue weighted by Gasteiger charge is -2.68. The van der Waals surface area contributed by atoms with Crippen LogP contribution in [0.4, 0.5) is 0 Å². The molecule has 0 aromatic rings. The summed E-state index contributed by atoms with van der Waals surface area (Å²) in [5.41, 5.74) is -1.59. The van der Waals surface area contributed by atoms with Crippen LogP contribution in [-0.2, 0) is 38.2 Å². The number of carbonyl (C=O) groups is 3. The van der Waals surface area contributed by atoms with Crippen molar-refractivity contribution in [3.8, 4) is 0 Å². The molecule has 0 amide bonds. The number of ether oxygens (including phenoxy) is 2. The van der Waals surface area contributed by atoms with Crippen LogP contribution in [0.2, 0.25) is 0 Å². The molecule has 164 valence electrons. The van der Waals surface area contributed by atoms with Crippen molar-refractivity contribution in [1.82, 2.24) is 0 Å². The topological polar surface area (TPSA) is 113 Å². The van der Waals surface area contributed by atoms with Gasteiger partial charge < -0.3 is 9.47 Å². The Morgan fingerprint density at radius 2 is 1.55 bits per heavy atom. The van der Waals surface area contributed by atoms with E-state index in [1.54, 1.807) is 0 Å². The number of esters is 2. The highest BCUT2D eigenvalue weighted by atomic mass is 32.2. The van der Waals surface area contributed by atoms with Crippen molar-refractivity contribution in [2.75, 3.05) is 6.26 Å². The monoisotopic (exact) mass is 430 g/mol. The Bertz CT molecular complexity index is 847. The van der Waals surface area contributed by atoms with E-state index in [1.165, 1.54) is 13.8 Å². The van der Waals surface area contributed by atoms with Crippen molar-refractivity contribution >= 4 is 27.8 Å². The van der Waals surface area contributed by atoms with Crippen LogP contribution in [0.3, 0.4) is 0 Å². The molecule has 0 N–H and O–H groups in total. The van der Waals surface area contributed by atoms with Crippen LogP contribution in [0, 0.1) is 34.5 Å². The maximum Gasteiger partial charge on any atom is 0.303 e. The summed E-state index contributed by atoms with van der Waals surface area (Å²) in [6.45, 7) is 10.0. The molecule has 0 spiro atoms. The van der Waals surface area contributed by atoms with Crippen LogP contribution in [-0.4, -0.2) is 50.7 Å². The van der Waals surface area contributed by atoms with Crippen molar-refractivity contribution in [1.29, 1.82) is 0 Å². The number of hydrogen-bond donors (Lipinski definition) is 0. The highest BCUT2D eigenvalue weighted by Crippen LogP contribution is 2.73. The first-order chi connectivity index (χ1) is 13.1. The maximum atomic E-state index is 13.1. The summed E-state index contributed by atoms with van der Waals surface area (Å²) in [7, 11) is -3.95. The predicted octanol–water partition coefficient (Wildman–Crippen LogP) is 1.71. The normalized spacial score (nSPS) is 43.0. The van der Waals surface area contributed by atoms with Crippen LogP contribution in [0.1, 0.15) is 48.0 Å². The summed E-state index contributed by atoms with van der Waals surface area (Å²) in [6.07, 6.45) is -1.89. The molecule has 4 fully saturated rings. The molecule has 8 nitrogen and oxygen atoms in total. The van der Waals surface area contributed by atoms with Crippen molar-refractivity contribution in [2.45, 2.75) is 66.3 Å².